The number of nitrogens with zero attached hydrogens (tertiary/aromatic N) is 1. The molecule has 0 saturated carbocycles. The Kier molecular flexibility index (Phi) is 5.31. The van der Waals surface area contributed by atoms with Gasteiger partial charge in [-0.15, -0.1) is 0 Å². The van der Waals surface area contributed by atoms with E-state index in [0.29, 0.717) is 11.4 Å². The van der Waals surface area contributed by atoms with E-state index >= 15 is 0 Å². The SMILES string of the molecule is CCOc1cc([N+](=O)[O-])c(C(c2c(C)[nH][nH]c2=O)c2c(C)[nH][nH]c2=O)cc1OC. The predicted octanol–water partition coefficient (Wildman–Crippen LogP) is 1.83. The van der Waals surface area contributed by atoms with E-state index in [9.17, 15) is 19.7 Å². The predicted molar refractivity (Wildman–Crippen MR) is 104 cm³/mol. The van der Waals surface area contributed by atoms with Gasteiger partial charge in [-0.1, -0.05) is 0 Å². The average molecular weight is 403 g/mol. The zero-order valence-corrected chi connectivity index (χ0v) is 16.3. The number of H-pyrrole nitrogens is 4. The van der Waals surface area contributed by atoms with Gasteiger partial charge < -0.3 is 19.7 Å². The van der Waals surface area contributed by atoms with Crippen molar-refractivity contribution in [1.29, 1.82) is 0 Å². The summed E-state index contributed by atoms with van der Waals surface area (Å²) in [6, 6.07) is 2.68. The summed E-state index contributed by atoms with van der Waals surface area (Å²) in [5.74, 6) is -0.555. The van der Waals surface area contributed by atoms with Crippen LogP contribution in [0.25, 0.3) is 0 Å². The van der Waals surface area contributed by atoms with E-state index in [4.69, 9.17) is 9.47 Å². The average Bonchev–Trinajstić information content (AvgIpc) is 3.19. The van der Waals surface area contributed by atoms with E-state index in [2.05, 4.69) is 20.4 Å². The Bertz CT molecular complexity index is 1110. The standard InChI is InChI=1S/C18H21N5O6/c1-5-29-13-7-11(23(26)27)10(6-12(13)28-4)16(14-8(2)19-21-17(14)24)15-9(3)20-22-18(15)25/h6-7,16H,5H2,1-4H3,(H2,19,21,24)(H2,20,22,25). The summed E-state index contributed by atoms with van der Waals surface area (Å²) in [7, 11) is 1.41. The summed E-state index contributed by atoms with van der Waals surface area (Å²) in [5, 5.41) is 22.2. The highest BCUT2D eigenvalue weighted by Gasteiger charge is 2.34. The Hall–Kier alpha value is -3.76. The third-order valence-electron chi connectivity index (χ3n) is 4.72. The Morgan fingerprint density at radius 1 is 1.00 bits per heavy atom. The van der Waals surface area contributed by atoms with Crippen LogP contribution in [0.4, 0.5) is 5.69 Å². The Morgan fingerprint density at radius 3 is 1.93 bits per heavy atom. The van der Waals surface area contributed by atoms with Crippen molar-refractivity contribution in [3.63, 3.8) is 0 Å². The largest absolute Gasteiger partial charge is 0.493 e. The highest BCUT2D eigenvalue weighted by Crippen LogP contribution is 2.42. The van der Waals surface area contributed by atoms with Crippen LogP contribution in [0.3, 0.4) is 0 Å². The minimum Gasteiger partial charge on any atom is -0.493 e. The van der Waals surface area contributed by atoms with Crippen LogP contribution < -0.4 is 20.6 Å². The zero-order valence-electron chi connectivity index (χ0n) is 16.3. The smallest absolute Gasteiger partial charge is 0.277 e. The van der Waals surface area contributed by atoms with Crippen LogP contribution in [-0.2, 0) is 0 Å². The van der Waals surface area contributed by atoms with E-state index in [-0.39, 0.29) is 40.5 Å². The van der Waals surface area contributed by atoms with Crippen molar-refractivity contribution in [3.05, 3.63) is 71.0 Å². The summed E-state index contributed by atoms with van der Waals surface area (Å²) in [6.45, 7) is 5.32. The summed E-state index contributed by atoms with van der Waals surface area (Å²) in [6.07, 6.45) is 0. The van der Waals surface area contributed by atoms with Gasteiger partial charge in [0.2, 0.25) is 0 Å². The third kappa shape index (κ3) is 3.42. The molecule has 0 saturated heterocycles. The number of aromatic amines is 4. The molecule has 0 aliphatic rings. The molecule has 11 nitrogen and oxygen atoms in total. The number of nitrogens with one attached hydrogen (secondary N) is 4. The molecular formula is C18H21N5O6. The molecule has 3 rings (SSSR count). The van der Waals surface area contributed by atoms with Crippen LogP contribution in [-0.4, -0.2) is 39.0 Å². The number of aryl methyl sites for hydroxylation is 2. The van der Waals surface area contributed by atoms with Gasteiger partial charge in [0, 0.05) is 17.0 Å². The van der Waals surface area contributed by atoms with Gasteiger partial charge in [0.15, 0.2) is 11.5 Å². The highest BCUT2D eigenvalue weighted by molar-refractivity contribution is 5.60. The molecule has 154 valence electrons. The number of nitro groups is 1. The van der Waals surface area contributed by atoms with Crippen molar-refractivity contribution in [2.45, 2.75) is 26.7 Å². The van der Waals surface area contributed by atoms with Gasteiger partial charge in [-0.2, -0.15) is 0 Å². The van der Waals surface area contributed by atoms with Crippen molar-refractivity contribution < 1.29 is 14.4 Å². The van der Waals surface area contributed by atoms with Crippen molar-refractivity contribution in [2.24, 2.45) is 0 Å². The number of aromatic nitrogens is 4. The zero-order chi connectivity index (χ0) is 21.3. The molecule has 2 heterocycles. The second-order valence-corrected chi connectivity index (χ2v) is 6.42. The lowest BCUT2D eigenvalue weighted by atomic mass is 9.84. The fraction of sp³-hybridized carbons (Fsp3) is 0.333. The first-order valence-corrected chi connectivity index (χ1v) is 8.83. The van der Waals surface area contributed by atoms with E-state index in [1.807, 2.05) is 0 Å². The Labute approximate surface area is 164 Å². The van der Waals surface area contributed by atoms with Crippen molar-refractivity contribution in [1.82, 2.24) is 20.4 Å². The van der Waals surface area contributed by atoms with E-state index in [1.165, 1.54) is 19.2 Å². The minimum atomic E-state index is -1.01. The maximum Gasteiger partial charge on any atom is 0.277 e. The van der Waals surface area contributed by atoms with Crippen LogP contribution in [0.1, 0.15) is 40.9 Å². The normalized spacial score (nSPS) is 11.1. The first kappa shape index (κ1) is 20.0. The quantitative estimate of drug-likeness (QED) is 0.348. The van der Waals surface area contributed by atoms with Gasteiger partial charge in [0.1, 0.15) is 0 Å². The molecule has 0 bridgehead atoms. The van der Waals surface area contributed by atoms with Gasteiger partial charge >= 0.3 is 0 Å². The summed E-state index contributed by atoms with van der Waals surface area (Å²) in [4.78, 5) is 36.4. The summed E-state index contributed by atoms with van der Waals surface area (Å²) >= 11 is 0. The fourth-order valence-electron chi connectivity index (χ4n) is 3.44. The molecule has 4 N–H and O–H groups in total. The topological polar surface area (TPSA) is 159 Å². The number of rotatable bonds is 7. The second-order valence-electron chi connectivity index (χ2n) is 6.42. The molecule has 3 aromatic rings. The first-order valence-electron chi connectivity index (χ1n) is 8.83. The lowest BCUT2D eigenvalue weighted by Gasteiger charge is -2.18. The van der Waals surface area contributed by atoms with Gasteiger partial charge in [-0.05, 0) is 26.8 Å². The van der Waals surface area contributed by atoms with Crippen molar-refractivity contribution in [3.8, 4) is 11.5 Å². The number of hydrogen-bond acceptors (Lipinski definition) is 6. The molecule has 0 unspecified atom stereocenters. The van der Waals surface area contributed by atoms with Crippen LogP contribution >= 0.6 is 0 Å². The molecular weight excluding hydrogens is 382 g/mol. The first-order chi connectivity index (χ1) is 13.8. The Morgan fingerprint density at radius 2 is 1.55 bits per heavy atom. The molecule has 0 aliphatic heterocycles. The molecule has 0 radical (unpaired) electrons. The number of ether oxygens (including phenoxy) is 2. The van der Waals surface area contributed by atoms with E-state index < -0.39 is 22.0 Å². The molecule has 29 heavy (non-hydrogen) atoms. The second kappa shape index (κ2) is 7.70. The maximum absolute atomic E-state index is 12.5. The van der Waals surface area contributed by atoms with Crippen LogP contribution in [0.5, 0.6) is 11.5 Å². The highest BCUT2D eigenvalue weighted by atomic mass is 16.6. The van der Waals surface area contributed by atoms with Gasteiger partial charge in [0.25, 0.3) is 16.8 Å². The molecule has 0 fully saturated rings. The fourth-order valence-corrected chi connectivity index (χ4v) is 3.44. The molecule has 0 aliphatic carbocycles. The van der Waals surface area contributed by atoms with Crippen molar-refractivity contribution >= 4 is 5.69 Å². The van der Waals surface area contributed by atoms with Crippen molar-refractivity contribution in [2.75, 3.05) is 13.7 Å². The molecule has 2 aromatic heterocycles. The van der Waals surface area contributed by atoms with Crippen LogP contribution in [0, 0.1) is 24.0 Å². The van der Waals surface area contributed by atoms with Crippen LogP contribution in [0.15, 0.2) is 21.7 Å². The number of methoxy groups -OCH3 is 1. The molecule has 0 amide bonds. The monoisotopic (exact) mass is 403 g/mol. The molecule has 1 aromatic carbocycles. The van der Waals surface area contributed by atoms with Crippen LogP contribution in [0.2, 0.25) is 0 Å². The van der Waals surface area contributed by atoms with Gasteiger partial charge in [-0.3, -0.25) is 29.9 Å². The van der Waals surface area contributed by atoms with Gasteiger partial charge in [0.05, 0.1) is 41.8 Å². The molecule has 0 spiro atoms. The third-order valence-corrected chi connectivity index (χ3v) is 4.72. The molecule has 0 atom stereocenters. The van der Waals surface area contributed by atoms with E-state index in [1.54, 1.807) is 20.8 Å². The minimum absolute atomic E-state index is 0.136. The lowest BCUT2D eigenvalue weighted by molar-refractivity contribution is -0.385. The number of nitro benzene ring substituents is 1. The van der Waals surface area contributed by atoms with Gasteiger partial charge in [-0.25, -0.2) is 0 Å². The number of benzene rings is 1. The molecule has 11 heteroatoms. The summed E-state index contributed by atoms with van der Waals surface area (Å²) in [5.41, 5.74) is 0.213. The van der Waals surface area contributed by atoms with E-state index in [0.717, 1.165) is 0 Å². The number of hydrogen-bond donors (Lipinski definition) is 4. The maximum atomic E-state index is 12.5. The lowest BCUT2D eigenvalue weighted by Crippen LogP contribution is -2.21. The summed E-state index contributed by atoms with van der Waals surface area (Å²) < 4.78 is 10.8. The Balaban J connectivity index is 2.42.